The molecule has 0 aliphatic carbocycles. The van der Waals surface area contributed by atoms with E-state index in [1.807, 2.05) is 0 Å². The smallest absolute Gasteiger partial charge is 0.0297 e. The molecule has 0 heterocycles. The van der Waals surface area contributed by atoms with Crippen LogP contribution in [0.25, 0.3) is 0 Å². The minimum Gasteiger partial charge on any atom is -0.324 e. The number of hydrogen-bond acceptors (Lipinski definition) is 1. The van der Waals surface area contributed by atoms with Gasteiger partial charge in [0.15, 0.2) is 0 Å². The van der Waals surface area contributed by atoms with Crippen LogP contribution in [0.1, 0.15) is 55.8 Å². The van der Waals surface area contributed by atoms with Crippen LogP contribution in [-0.4, -0.2) is 0 Å². The molecule has 0 amide bonds. The summed E-state index contributed by atoms with van der Waals surface area (Å²) in [5, 5.41) is 0. The highest BCUT2D eigenvalue weighted by atomic mass is 79.9. The second-order valence-corrected chi connectivity index (χ2v) is 5.79. The summed E-state index contributed by atoms with van der Waals surface area (Å²) < 4.78 is 1.20. The summed E-state index contributed by atoms with van der Waals surface area (Å²) in [6, 6.07) is 4.60. The van der Waals surface area contributed by atoms with E-state index in [0.29, 0.717) is 0 Å². The van der Waals surface area contributed by atoms with Gasteiger partial charge < -0.3 is 5.73 Å². The molecule has 1 unspecified atom stereocenters. The van der Waals surface area contributed by atoms with Gasteiger partial charge >= 0.3 is 0 Å². The topological polar surface area (TPSA) is 26.0 Å². The number of rotatable bonds is 5. The lowest BCUT2D eigenvalue weighted by Gasteiger charge is -2.20. The maximum atomic E-state index is 6.32. The summed E-state index contributed by atoms with van der Waals surface area (Å²) in [6.45, 7) is 8.76. The Morgan fingerprint density at radius 2 is 1.59 bits per heavy atom. The van der Waals surface area contributed by atoms with E-state index in [0.717, 1.165) is 12.3 Å². The molecule has 1 atom stereocenters. The average molecular weight is 298 g/mol. The third kappa shape index (κ3) is 3.82. The maximum absolute atomic E-state index is 6.32. The zero-order valence-electron chi connectivity index (χ0n) is 11.4. The van der Waals surface area contributed by atoms with Gasteiger partial charge in [-0.05, 0) is 42.9 Å². The SMILES string of the molecule is CCC(CC)CC(N)c1cc(C)c(Br)c(C)c1. The Balaban J connectivity index is 2.85. The molecule has 0 fully saturated rings. The lowest BCUT2D eigenvalue weighted by atomic mass is 9.90. The first-order valence-corrected chi connectivity index (χ1v) is 7.31. The molecule has 0 aliphatic heterocycles. The first kappa shape index (κ1) is 14.7. The fraction of sp³-hybridized carbons (Fsp3) is 0.600. The highest BCUT2D eigenvalue weighted by molar-refractivity contribution is 9.10. The number of halogens is 1. The Morgan fingerprint density at radius 3 is 2.00 bits per heavy atom. The maximum Gasteiger partial charge on any atom is 0.0297 e. The first-order chi connectivity index (χ1) is 7.99. The van der Waals surface area contributed by atoms with Crippen molar-refractivity contribution in [2.75, 3.05) is 0 Å². The number of hydrogen-bond donors (Lipinski definition) is 1. The van der Waals surface area contributed by atoms with E-state index >= 15 is 0 Å². The van der Waals surface area contributed by atoms with Gasteiger partial charge in [0.1, 0.15) is 0 Å². The van der Waals surface area contributed by atoms with Crippen molar-refractivity contribution < 1.29 is 0 Å². The van der Waals surface area contributed by atoms with Crippen LogP contribution < -0.4 is 5.73 Å². The van der Waals surface area contributed by atoms with Gasteiger partial charge in [0.05, 0.1) is 0 Å². The van der Waals surface area contributed by atoms with Crippen LogP contribution in [0.4, 0.5) is 0 Å². The van der Waals surface area contributed by atoms with E-state index in [1.165, 1.54) is 34.0 Å². The van der Waals surface area contributed by atoms with Gasteiger partial charge in [-0.2, -0.15) is 0 Å². The number of nitrogens with two attached hydrogens (primary N) is 1. The summed E-state index contributed by atoms with van der Waals surface area (Å²) in [5.74, 6) is 0.745. The van der Waals surface area contributed by atoms with Gasteiger partial charge in [-0.1, -0.05) is 54.8 Å². The molecule has 1 aromatic rings. The quantitative estimate of drug-likeness (QED) is 0.822. The predicted molar refractivity (Wildman–Crippen MR) is 79.2 cm³/mol. The zero-order valence-corrected chi connectivity index (χ0v) is 13.0. The molecule has 0 saturated carbocycles. The molecule has 0 saturated heterocycles. The fourth-order valence-corrected chi connectivity index (χ4v) is 2.54. The Morgan fingerprint density at radius 1 is 1.12 bits per heavy atom. The second kappa shape index (κ2) is 6.55. The third-order valence-corrected chi connectivity index (χ3v) is 4.88. The van der Waals surface area contributed by atoms with Crippen molar-refractivity contribution in [2.24, 2.45) is 11.7 Å². The lowest BCUT2D eigenvalue weighted by Crippen LogP contribution is -2.15. The minimum atomic E-state index is 0.172. The van der Waals surface area contributed by atoms with E-state index in [9.17, 15) is 0 Å². The van der Waals surface area contributed by atoms with Crippen LogP contribution >= 0.6 is 15.9 Å². The highest BCUT2D eigenvalue weighted by Crippen LogP contribution is 2.28. The first-order valence-electron chi connectivity index (χ1n) is 6.51. The molecule has 0 aromatic heterocycles. The molecule has 0 radical (unpaired) electrons. The van der Waals surface area contributed by atoms with Gasteiger partial charge in [-0.15, -0.1) is 0 Å². The van der Waals surface area contributed by atoms with E-state index in [1.54, 1.807) is 0 Å². The predicted octanol–water partition coefficient (Wildman–Crippen LogP) is 4.89. The summed E-state index contributed by atoms with van der Waals surface area (Å²) in [5.41, 5.74) is 10.1. The van der Waals surface area contributed by atoms with Crippen molar-refractivity contribution in [3.8, 4) is 0 Å². The zero-order chi connectivity index (χ0) is 13.0. The molecule has 1 rings (SSSR count). The minimum absolute atomic E-state index is 0.172. The Labute approximate surface area is 114 Å². The number of benzene rings is 1. The molecule has 2 heteroatoms. The second-order valence-electron chi connectivity index (χ2n) is 4.99. The normalized spacial score (nSPS) is 13.1. The van der Waals surface area contributed by atoms with Crippen molar-refractivity contribution in [1.82, 2.24) is 0 Å². The summed E-state index contributed by atoms with van der Waals surface area (Å²) in [4.78, 5) is 0. The van der Waals surface area contributed by atoms with Gasteiger partial charge in [0, 0.05) is 10.5 Å². The van der Waals surface area contributed by atoms with E-state index in [-0.39, 0.29) is 6.04 Å². The standard InChI is InChI=1S/C15H24BrN/c1-5-12(6-2)9-14(17)13-7-10(3)15(16)11(4)8-13/h7-8,12,14H,5-6,9,17H2,1-4H3. The molecule has 17 heavy (non-hydrogen) atoms. The Hall–Kier alpha value is -0.340. The lowest BCUT2D eigenvalue weighted by molar-refractivity contribution is 0.414. The Kier molecular flexibility index (Phi) is 5.68. The summed E-state index contributed by atoms with van der Waals surface area (Å²) in [6.07, 6.45) is 3.53. The van der Waals surface area contributed by atoms with Crippen molar-refractivity contribution in [2.45, 2.75) is 53.0 Å². The average Bonchev–Trinajstić information content (AvgIpc) is 2.31. The molecule has 0 bridgehead atoms. The van der Waals surface area contributed by atoms with E-state index < -0.39 is 0 Å². The Bertz CT molecular complexity index is 346. The van der Waals surface area contributed by atoms with Crippen LogP contribution in [-0.2, 0) is 0 Å². The molecular weight excluding hydrogens is 274 g/mol. The van der Waals surface area contributed by atoms with Crippen molar-refractivity contribution >= 4 is 15.9 Å². The fourth-order valence-electron chi connectivity index (χ4n) is 2.31. The van der Waals surface area contributed by atoms with Crippen LogP contribution in [0.2, 0.25) is 0 Å². The van der Waals surface area contributed by atoms with E-state index in [4.69, 9.17) is 5.73 Å². The van der Waals surface area contributed by atoms with E-state index in [2.05, 4.69) is 55.8 Å². The van der Waals surface area contributed by atoms with Crippen molar-refractivity contribution in [3.63, 3.8) is 0 Å². The van der Waals surface area contributed by atoms with Crippen molar-refractivity contribution in [3.05, 3.63) is 33.3 Å². The molecule has 1 nitrogen and oxygen atoms in total. The molecule has 0 aliphatic rings. The number of aryl methyl sites for hydroxylation is 2. The summed E-state index contributed by atoms with van der Waals surface area (Å²) >= 11 is 3.60. The van der Waals surface area contributed by atoms with Gasteiger partial charge in [-0.25, -0.2) is 0 Å². The van der Waals surface area contributed by atoms with Gasteiger partial charge in [-0.3, -0.25) is 0 Å². The van der Waals surface area contributed by atoms with Crippen LogP contribution in [0.3, 0.4) is 0 Å². The highest BCUT2D eigenvalue weighted by Gasteiger charge is 2.13. The molecule has 0 spiro atoms. The molecular formula is C15H24BrN. The third-order valence-electron chi connectivity index (χ3n) is 3.63. The van der Waals surface area contributed by atoms with Crippen molar-refractivity contribution in [1.29, 1.82) is 0 Å². The molecule has 1 aromatic carbocycles. The van der Waals surface area contributed by atoms with Crippen LogP contribution in [0, 0.1) is 19.8 Å². The largest absolute Gasteiger partial charge is 0.324 e. The molecule has 2 N–H and O–H groups in total. The summed E-state index contributed by atoms with van der Waals surface area (Å²) in [7, 11) is 0. The monoisotopic (exact) mass is 297 g/mol. The van der Waals surface area contributed by atoms with Crippen LogP contribution in [0.15, 0.2) is 16.6 Å². The van der Waals surface area contributed by atoms with Gasteiger partial charge in [0.25, 0.3) is 0 Å². The van der Waals surface area contributed by atoms with Gasteiger partial charge in [0.2, 0.25) is 0 Å². The van der Waals surface area contributed by atoms with Crippen LogP contribution in [0.5, 0.6) is 0 Å². The molecule has 96 valence electrons.